The monoisotopic (exact) mass is 269 g/mol. The Kier molecular flexibility index (Phi) is 8.42. The van der Waals surface area contributed by atoms with E-state index in [0.29, 0.717) is 12.3 Å². The number of hydrogen-bond acceptors (Lipinski definition) is 3. The quantitative estimate of drug-likeness (QED) is 0.515. The summed E-state index contributed by atoms with van der Waals surface area (Å²) >= 11 is 6.09. The highest BCUT2D eigenvalue weighted by atomic mass is 35.5. The molecule has 0 aromatic heterocycles. The number of alkyl halides is 1. The molecule has 1 N–H and O–H groups in total. The van der Waals surface area contributed by atoms with Gasteiger partial charge in [-0.2, -0.15) is 0 Å². The summed E-state index contributed by atoms with van der Waals surface area (Å²) in [5.74, 6) is 1.11. The molecule has 0 saturated carbocycles. The average Bonchev–Trinajstić information content (AvgIpc) is 2.16. The zero-order valence-electron chi connectivity index (χ0n) is 10.5. The summed E-state index contributed by atoms with van der Waals surface area (Å²) in [4.78, 5) is 0. The van der Waals surface area contributed by atoms with E-state index in [2.05, 4.69) is 19.2 Å². The van der Waals surface area contributed by atoms with Crippen LogP contribution in [0, 0.1) is 5.92 Å². The number of halogens is 1. The topological polar surface area (TPSA) is 46.2 Å². The fourth-order valence-electron chi connectivity index (χ4n) is 1.41. The van der Waals surface area contributed by atoms with E-state index in [1.165, 1.54) is 0 Å². The molecule has 5 heteroatoms. The minimum atomic E-state index is -2.81. The van der Waals surface area contributed by atoms with Crippen molar-refractivity contribution in [2.75, 3.05) is 24.6 Å². The van der Waals surface area contributed by atoms with Gasteiger partial charge in [-0.3, -0.25) is 0 Å². The molecule has 0 spiro atoms. The third kappa shape index (κ3) is 9.43. The second kappa shape index (κ2) is 8.31. The molecular weight excluding hydrogens is 246 g/mol. The molecule has 0 radical (unpaired) electrons. The molecule has 16 heavy (non-hydrogen) atoms. The Hall–Kier alpha value is 0.200. The summed E-state index contributed by atoms with van der Waals surface area (Å²) in [6, 6.07) is 0. The Bertz CT molecular complexity index is 265. The lowest BCUT2D eigenvalue weighted by Crippen LogP contribution is -2.26. The van der Waals surface area contributed by atoms with Gasteiger partial charge in [0.25, 0.3) is 0 Å². The van der Waals surface area contributed by atoms with Crippen LogP contribution in [0.2, 0.25) is 0 Å². The summed E-state index contributed by atoms with van der Waals surface area (Å²) < 4.78 is 22.4. The van der Waals surface area contributed by atoms with Crippen molar-refractivity contribution in [2.45, 2.75) is 39.0 Å². The van der Waals surface area contributed by atoms with E-state index in [-0.39, 0.29) is 16.9 Å². The average molecular weight is 270 g/mol. The Morgan fingerprint density at radius 3 is 2.44 bits per heavy atom. The van der Waals surface area contributed by atoms with Gasteiger partial charge in [0.15, 0.2) is 0 Å². The van der Waals surface area contributed by atoms with Gasteiger partial charge in [0.2, 0.25) is 0 Å². The van der Waals surface area contributed by atoms with Crippen LogP contribution in [0.15, 0.2) is 0 Å². The molecular formula is C11H24ClNO2S. The second-order valence-corrected chi connectivity index (χ2v) is 7.61. The van der Waals surface area contributed by atoms with Crippen LogP contribution in [0.1, 0.15) is 33.6 Å². The first kappa shape index (κ1) is 16.2. The molecule has 1 atom stereocenters. The SMILES string of the molecule is CCS(=O)(=O)CCCNCC(Cl)CC(C)C. The fourth-order valence-corrected chi connectivity index (χ4v) is 2.75. The van der Waals surface area contributed by atoms with Crippen LogP contribution in [-0.2, 0) is 9.84 Å². The first-order valence-electron chi connectivity index (χ1n) is 5.92. The summed E-state index contributed by atoms with van der Waals surface area (Å²) in [7, 11) is -2.81. The molecule has 0 aliphatic rings. The molecule has 0 aliphatic carbocycles. The number of sulfone groups is 1. The zero-order chi connectivity index (χ0) is 12.6. The Morgan fingerprint density at radius 1 is 1.31 bits per heavy atom. The number of hydrogen-bond donors (Lipinski definition) is 1. The van der Waals surface area contributed by atoms with Crippen LogP contribution in [0.5, 0.6) is 0 Å². The van der Waals surface area contributed by atoms with Crippen molar-refractivity contribution in [2.24, 2.45) is 5.92 Å². The van der Waals surface area contributed by atoms with Crippen LogP contribution in [-0.4, -0.2) is 38.4 Å². The van der Waals surface area contributed by atoms with Gasteiger partial charge in [0.1, 0.15) is 9.84 Å². The highest BCUT2D eigenvalue weighted by molar-refractivity contribution is 7.91. The van der Waals surface area contributed by atoms with Gasteiger partial charge in [0, 0.05) is 17.7 Å². The van der Waals surface area contributed by atoms with E-state index in [1.54, 1.807) is 6.92 Å². The second-order valence-electron chi connectivity index (χ2n) is 4.52. The normalized spacial score (nSPS) is 14.3. The van der Waals surface area contributed by atoms with Gasteiger partial charge in [-0.25, -0.2) is 8.42 Å². The van der Waals surface area contributed by atoms with Crippen LogP contribution in [0.4, 0.5) is 0 Å². The van der Waals surface area contributed by atoms with Gasteiger partial charge in [0.05, 0.1) is 5.75 Å². The van der Waals surface area contributed by atoms with Gasteiger partial charge in [-0.15, -0.1) is 11.6 Å². The smallest absolute Gasteiger partial charge is 0.150 e. The van der Waals surface area contributed by atoms with E-state index < -0.39 is 9.84 Å². The molecule has 0 heterocycles. The molecule has 0 fully saturated rings. The van der Waals surface area contributed by atoms with E-state index >= 15 is 0 Å². The van der Waals surface area contributed by atoms with Crippen molar-refractivity contribution in [3.8, 4) is 0 Å². The van der Waals surface area contributed by atoms with E-state index in [0.717, 1.165) is 19.5 Å². The fraction of sp³-hybridized carbons (Fsp3) is 1.00. The molecule has 0 aromatic carbocycles. The minimum Gasteiger partial charge on any atom is -0.315 e. The van der Waals surface area contributed by atoms with Crippen LogP contribution in [0.3, 0.4) is 0 Å². The lowest BCUT2D eigenvalue weighted by Gasteiger charge is -2.12. The van der Waals surface area contributed by atoms with Crippen LogP contribution >= 0.6 is 11.6 Å². The highest BCUT2D eigenvalue weighted by Crippen LogP contribution is 2.09. The standard InChI is InChI=1S/C11H24ClNO2S/c1-4-16(14,15)7-5-6-13-9-11(12)8-10(2)3/h10-11,13H,4-9H2,1-3H3. The van der Waals surface area contributed by atoms with Crippen molar-refractivity contribution in [1.29, 1.82) is 0 Å². The zero-order valence-corrected chi connectivity index (χ0v) is 12.1. The predicted molar refractivity (Wildman–Crippen MR) is 70.9 cm³/mol. The summed E-state index contributed by atoms with van der Waals surface area (Å²) in [6.45, 7) is 7.44. The van der Waals surface area contributed by atoms with Crippen molar-refractivity contribution >= 4 is 21.4 Å². The third-order valence-electron chi connectivity index (χ3n) is 2.34. The summed E-state index contributed by atoms with van der Waals surface area (Å²) in [5, 5.41) is 3.33. The van der Waals surface area contributed by atoms with Gasteiger partial charge >= 0.3 is 0 Å². The first-order valence-corrected chi connectivity index (χ1v) is 8.18. The Morgan fingerprint density at radius 2 is 1.94 bits per heavy atom. The lowest BCUT2D eigenvalue weighted by atomic mass is 10.1. The number of rotatable bonds is 9. The molecule has 1 unspecified atom stereocenters. The summed E-state index contributed by atoms with van der Waals surface area (Å²) in [6.07, 6.45) is 1.66. The molecule has 0 aliphatic heterocycles. The van der Waals surface area contributed by atoms with E-state index in [1.807, 2.05) is 0 Å². The maximum absolute atomic E-state index is 11.2. The lowest BCUT2D eigenvalue weighted by molar-refractivity contribution is 0.532. The number of nitrogens with one attached hydrogen (secondary N) is 1. The molecule has 0 rings (SSSR count). The first-order chi connectivity index (χ1) is 7.37. The van der Waals surface area contributed by atoms with Gasteiger partial charge in [-0.1, -0.05) is 20.8 Å². The molecule has 0 saturated heterocycles. The highest BCUT2D eigenvalue weighted by Gasteiger charge is 2.08. The Balaban J connectivity index is 3.47. The van der Waals surface area contributed by atoms with Crippen molar-refractivity contribution < 1.29 is 8.42 Å². The Labute approximate surface area is 105 Å². The van der Waals surface area contributed by atoms with Crippen LogP contribution in [0.25, 0.3) is 0 Å². The molecule has 98 valence electrons. The van der Waals surface area contributed by atoms with Crippen molar-refractivity contribution in [3.05, 3.63) is 0 Å². The van der Waals surface area contributed by atoms with Crippen molar-refractivity contribution in [3.63, 3.8) is 0 Å². The van der Waals surface area contributed by atoms with Crippen molar-refractivity contribution in [1.82, 2.24) is 5.32 Å². The van der Waals surface area contributed by atoms with Gasteiger partial charge < -0.3 is 5.32 Å². The van der Waals surface area contributed by atoms with Gasteiger partial charge in [-0.05, 0) is 25.3 Å². The largest absolute Gasteiger partial charge is 0.315 e. The van der Waals surface area contributed by atoms with Crippen LogP contribution < -0.4 is 5.32 Å². The third-order valence-corrected chi connectivity index (χ3v) is 4.46. The van der Waals surface area contributed by atoms with E-state index in [4.69, 9.17) is 11.6 Å². The molecule has 0 amide bonds. The molecule has 0 aromatic rings. The predicted octanol–water partition coefficient (Wildman–Crippen LogP) is 2.05. The summed E-state index contributed by atoms with van der Waals surface area (Å²) in [5.41, 5.74) is 0. The minimum absolute atomic E-state index is 0.141. The van der Waals surface area contributed by atoms with E-state index in [9.17, 15) is 8.42 Å². The molecule has 3 nitrogen and oxygen atoms in total. The maximum atomic E-state index is 11.2. The molecule has 0 bridgehead atoms. The maximum Gasteiger partial charge on any atom is 0.150 e.